The maximum absolute atomic E-state index is 13.5. The van der Waals surface area contributed by atoms with Crippen LogP contribution in [-0.2, 0) is 17.9 Å². The van der Waals surface area contributed by atoms with Crippen molar-refractivity contribution in [1.82, 2.24) is 4.90 Å². The van der Waals surface area contributed by atoms with Crippen LogP contribution < -0.4 is 4.74 Å². The summed E-state index contributed by atoms with van der Waals surface area (Å²) in [5.74, 6) is 0.310. The van der Waals surface area contributed by atoms with E-state index in [2.05, 4.69) is 6.07 Å². The number of benzene rings is 3. The second kappa shape index (κ2) is 7.26. The first-order chi connectivity index (χ1) is 14.6. The number of para-hydroxylation sites is 1. The molecule has 0 saturated carbocycles. The van der Waals surface area contributed by atoms with Crippen molar-refractivity contribution in [2.75, 3.05) is 0 Å². The molecule has 5 nitrogen and oxygen atoms in total. The molecule has 5 heteroatoms. The van der Waals surface area contributed by atoms with E-state index in [-0.39, 0.29) is 18.5 Å². The van der Waals surface area contributed by atoms with Crippen molar-refractivity contribution >= 4 is 17.6 Å². The highest BCUT2D eigenvalue weighted by Crippen LogP contribution is 2.33. The molecule has 0 fully saturated rings. The van der Waals surface area contributed by atoms with E-state index >= 15 is 0 Å². The van der Waals surface area contributed by atoms with Gasteiger partial charge in [0.1, 0.15) is 18.8 Å². The minimum Gasteiger partial charge on any atom is -0.469 e. The summed E-state index contributed by atoms with van der Waals surface area (Å²) < 4.78 is 7.70. The number of aryl methyl sites for hydroxylation is 1. The number of ether oxygens (including phenoxy) is 1. The normalized spacial score (nSPS) is 17.6. The van der Waals surface area contributed by atoms with E-state index in [4.69, 9.17) is 4.74 Å². The van der Waals surface area contributed by atoms with Gasteiger partial charge in [0.2, 0.25) is 0 Å². The van der Waals surface area contributed by atoms with Crippen LogP contribution in [0, 0.1) is 6.92 Å². The van der Waals surface area contributed by atoms with E-state index in [0.717, 1.165) is 22.3 Å². The number of carbonyl (C=O) groups excluding carboxylic acids is 2. The highest BCUT2D eigenvalue weighted by atomic mass is 16.5. The van der Waals surface area contributed by atoms with Crippen LogP contribution in [0.15, 0.2) is 78.9 Å². The average Bonchev–Trinajstić information content (AvgIpc) is 3.15. The molecule has 0 aromatic heterocycles. The highest BCUT2D eigenvalue weighted by molar-refractivity contribution is 6.21. The van der Waals surface area contributed by atoms with E-state index < -0.39 is 6.10 Å². The number of urea groups is 1. The van der Waals surface area contributed by atoms with Crippen molar-refractivity contribution in [2.45, 2.75) is 26.1 Å². The summed E-state index contributed by atoms with van der Waals surface area (Å²) in [6.45, 7) is 2.62. The Hall–Kier alpha value is -3.73. The fourth-order valence-electron chi connectivity index (χ4n) is 4.10. The molecule has 0 bridgehead atoms. The number of fused-ring (bicyclic) bond motifs is 3. The molecule has 0 saturated heterocycles. The van der Waals surface area contributed by atoms with Gasteiger partial charge in [-0.1, -0.05) is 72.3 Å². The summed E-state index contributed by atoms with van der Waals surface area (Å²) >= 11 is 0. The smallest absolute Gasteiger partial charge is 0.469 e. The molecule has 3 amide bonds. The lowest BCUT2D eigenvalue weighted by molar-refractivity contribution is -0.457. The topological polar surface area (TPSA) is 49.6 Å². The lowest BCUT2D eigenvalue weighted by Crippen LogP contribution is -2.57. The average molecular weight is 397 g/mol. The van der Waals surface area contributed by atoms with Gasteiger partial charge in [0.25, 0.3) is 6.10 Å². The molecule has 5 rings (SSSR count). The molecule has 148 valence electrons. The molecule has 0 N–H and O–H groups in total. The van der Waals surface area contributed by atoms with Crippen molar-refractivity contribution in [3.05, 3.63) is 101 Å². The first kappa shape index (κ1) is 18.3. The Morgan fingerprint density at radius 3 is 2.43 bits per heavy atom. The summed E-state index contributed by atoms with van der Waals surface area (Å²) in [4.78, 5) is 28.1. The zero-order chi connectivity index (χ0) is 20.7. The van der Waals surface area contributed by atoms with Gasteiger partial charge in [-0.25, -0.2) is 4.79 Å². The maximum Gasteiger partial charge on any atom is 0.501 e. The number of amides is 3. The van der Waals surface area contributed by atoms with Gasteiger partial charge in [0.15, 0.2) is 5.71 Å². The largest absolute Gasteiger partial charge is 0.501 e. The van der Waals surface area contributed by atoms with Crippen molar-refractivity contribution in [3.63, 3.8) is 0 Å². The van der Waals surface area contributed by atoms with E-state index in [1.165, 1.54) is 4.90 Å². The summed E-state index contributed by atoms with van der Waals surface area (Å²) in [6, 6.07) is 24.8. The van der Waals surface area contributed by atoms with Gasteiger partial charge in [-0.3, -0.25) is 0 Å². The second-order valence-electron chi connectivity index (χ2n) is 7.65. The van der Waals surface area contributed by atoms with Crippen LogP contribution in [0.5, 0.6) is 5.75 Å². The Morgan fingerprint density at radius 1 is 0.900 bits per heavy atom. The SMILES string of the molecule is Cc1cccc(C[N+]2=C3c4ccccc4OC3C(=O)N(Cc3ccccc3)C2=O)c1. The van der Waals surface area contributed by atoms with Gasteiger partial charge < -0.3 is 4.74 Å². The fourth-order valence-corrected chi connectivity index (χ4v) is 4.10. The molecule has 30 heavy (non-hydrogen) atoms. The molecule has 2 heterocycles. The Bertz CT molecular complexity index is 1180. The predicted octanol–water partition coefficient (Wildman–Crippen LogP) is 3.92. The van der Waals surface area contributed by atoms with Gasteiger partial charge in [-0.05, 0) is 30.2 Å². The third kappa shape index (κ3) is 3.08. The highest BCUT2D eigenvalue weighted by Gasteiger charge is 2.53. The second-order valence-corrected chi connectivity index (χ2v) is 7.65. The Balaban J connectivity index is 1.61. The van der Waals surface area contributed by atoms with E-state index in [1.807, 2.05) is 79.7 Å². The Kier molecular flexibility index (Phi) is 4.43. The molecule has 0 spiro atoms. The van der Waals surface area contributed by atoms with Crippen molar-refractivity contribution in [2.24, 2.45) is 0 Å². The minimum absolute atomic E-state index is 0.215. The molecule has 3 aromatic carbocycles. The van der Waals surface area contributed by atoms with Gasteiger partial charge in [0, 0.05) is 0 Å². The minimum atomic E-state index is -0.811. The molecule has 1 atom stereocenters. The van der Waals surface area contributed by atoms with Crippen LogP contribution >= 0.6 is 0 Å². The van der Waals surface area contributed by atoms with E-state index in [9.17, 15) is 9.59 Å². The zero-order valence-corrected chi connectivity index (χ0v) is 16.6. The number of imide groups is 1. The third-order valence-electron chi connectivity index (χ3n) is 5.51. The zero-order valence-electron chi connectivity index (χ0n) is 16.6. The lowest BCUT2D eigenvalue weighted by Gasteiger charge is -2.24. The summed E-state index contributed by atoms with van der Waals surface area (Å²) in [6.07, 6.45) is -0.811. The van der Waals surface area contributed by atoms with Crippen LogP contribution in [-0.4, -0.2) is 33.2 Å². The first-order valence-electron chi connectivity index (χ1n) is 9.97. The lowest BCUT2D eigenvalue weighted by atomic mass is 10.0. The van der Waals surface area contributed by atoms with Gasteiger partial charge >= 0.3 is 11.9 Å². The molecule has 0 aliphatic carbocycles. The molecule has 1 unspecified atom stereocenters. The molecule has 2 aliphatic rings. The van der Waals surface area contributed by atoms with Gasteiger partial charge in [0.05, 0.1) is 5.56 Å². The summed E-state index contributed by atoms with van der Waals surface area (Å²) in [5.41, 5.74) is 4.46. The third-order valence-corrected chi connectivity index (χ3v) is 5.51. The quantitative estimate of drug-likeness (QED) is 0.627. The number of hydrogen-bond donors (Lipinski definition) is 0. The van der Waals surface area contributed by atoms with Crippen LogP contribution in [0.3, 0.4) is 0 Å². The molecule has 3 aromatic rings. The Morgan fingerprint density at radius 2 is 1.63 bits per heavy atom. The fraction of sp³-hybridized carbons (Fsp3) is 0.160. The Labute approximate surface area is 174 Å². The summed E-state index contributed by atoms with van der Waals surface area (Å²) in [5, 5.41) is 0. The molecular weight excluding hydrogens is 376 g/mol. The number of hydrogen-bond acceptors (Lipinski definition) is 3. The van der Waals surface area contributed by atoms with Crippen LogP contribution in [0.1, 0.15) is 22.3 Å². The van der Waals surface area contributed by atoms with Crippen LogP contribution in [0.25, 0.3) is 0 Å². The van der Waals surface area contributed by atoms with Gasteiger partial charge in [-0.2, -0.15) is 14.3 Å². The van der Waals surface area contributed by atoms with Crippen LogP contribution in [0.2, 0.25) is 0 Å². The molecular formula is C25H21N2O3+. The number of nitrogens with zero attached hydrogens (tertiary/aromatic N) is 2. The maximum atomic E-state index is 13.5. The van der Waals surface area contributed by atoms with Crippen molar-refractivity contribution in [1.29, 1.82) is 0 Å². The number of rotatable bonds is 4. The van der Waals surface area contributed by atoms with Gasteiger partial charge in [-0.15, -0.1) is 0 Å². The summed E-state index contributed by atoms with van der Waals surface area (Å²) in [7, 11) is 0. The predicted molar refractivity (Wildman–Crippen MR) is 112 cm³/mol. The van der Waals surface area contributed by atoms with E-state index in [0.29, 0.717) is 18.0 Å². The standard InChI is InChI=1S/C25H21N2O3/c1-17-8-7-11-19(14-17)16-26-22-20-12-5-6-13-21(20)30-23(22)24(28)27(25(26)29)15-18-9-3-2-4-10-18/h2-14,23H,15-16H2,1H3/q+1. The molecule has 2 aliphatic heterocycles. The van der Waals surface area contributed by atoms with E-state index in [1.54, 1.807) is 4.58 Å². The van der Waals surface area contributed by atoms with Crippen LogP contribution in [0.4, 0.5) is 4.79 Å². The number of carbonyl (C=O) groups is 2. The van der Waals surface area contributed by atoms with Crippen molar-refractivity contribution in [3.8, 4) is 5.75 Å². The monoisotopic (exact) mass is 397 g/mol. The molecule has 0 radical (unpaired) electrons. The van der Waals surface area contributed by atoms with Crippen molar-refractivity contribution < 1.29 is 18.9 Å². The first-order valence-corrected chi connectivity index (χ1v) is 9.97.